The van der Waals surface area contributed by atoms with Gasteiger partial charge in [0.05, 0.1) is 17.0 Å². The van der Waals surface area contributed by atoms with Gasteiger partial charge in [0.25, 0.3) is 5.91 Å². The first-order valence-electron chi connectivity index (χ1n) is 9.13. The lowest BCUT2D eigenvalue weighted by molar-refractivity contribution is 0.102. The van der Waals surface area contributed by atoms with Crippen molar-refractivity contribution in [1.29, 1.82) is 0 Å². The molecule has 2 aromatic carbocycles. The topological polar surface area (TPSA) is 58.4 Å². The molecular formula is C22H16ClN3O2S. The number of rotatable bonds is 4. The Kier molecular flexibility index (Phi) is 4.66. The van der Waals surface area contributed by atoms with Crippen LogP contribution in [-0.4, -0.2) is 23.2 Å². The minimum atomic E-state index is -0.171. The first kappa shape index (κ1) is 18.1. The maximum atomic E-state index is 12.7. The highest BCUT2D eigenvalue weighted by Gasteiger charge is 2.17. The van der Waals surface area contributed by atoms with Crippen molar-refractivity contribution in [2.75, 3.05) is 21.9 Å². The van der Waals surface area contributed by atoms with Gasteiger partial charge in [-0.05, 0) is 66.5 Å². The number of anilines is 2. The molecule has 0 saturated carbocycles. The summed E-state index contributed by atoms with van der Waals surface area (Å²) in [6.45, 7) is 1.04. The van der Waals surface area contributed by atoms with E-state index in [4.69, 9.17) is 16.0 Å². The van der Waals surface area contributed by atoms with Crippen LogP contribution in [0.3, 0.4) is 0 Å². The van der Waals surface area contributed by atoms with E-state index in [9.17, 15) is 4.79 Å². The number of hydrogen-bond acceptors (Lipinski definition) is 5. The van der Waals surface area contributed by atoms with E-state index in [0.29, 0.717) is 22.0 Å². The predicted molar refractivity (Wildman–Crippen MR) is 119 cm³/mol. The summed E-state index contributed by atoms with van der Waals surface area (Å²) in [5.41, 5.74) is 4.56. The molecule has 2 aromatic heterocycles. The average molecular weight is 422 g/mol. The lowest BCUT2D eigenvalue weighted by Gasteiger charge is -2.31. The smallest absolute Gasteiger partial charge is 0.255 e. The van der Waals surface area contributed by atoms with Crippen LogP contribution in [0.25, 0.3) is 22.2 Å². The minimum Gasteiger partial charge on any atom is -0.464 e. The van der Waals surface area contributed by atoms with E-state index >= 15 is 0 Å². The van der Waals surface area contributed by atoms with E-state index in [1.807, 2.05) is 36.4 Å². The quantitative estimate of drug-likeness (QED) is 0.417. The van der Waals surface area contributed by atoms with E-state index < -0.39 is 0 Å². The molecule has 0 atom stereocenters. The summed E-state index contributed by atoms with van der Waals surface area (Å²) in [5.74, 6) is 0.971. The zero-order valence-electron chi connectivity index (χ0n) is 15.3. The van der Waals surface area contributed by atoms with Crippen LogP contribution < -0.4 is 9.62 Å². The number of carbonyl (C=O) groups is 1. The number of nitrogens with zero attached hydrogens (tertiary/aromatic N) is 2. The van der Waals surface area contributed by atoms with E-state index in [1.54, 1.807) is 42.6 Å². The Labute approximate surface area is 176 Å². The van der Waals surface area contributed by atoms with Crippen LogP contribution in [0.2, 0.25) is 5.02 Å². The molecule has 7 heteroatoms. The highest BCUT2D eigenvalue weighted by Crippen LogP contribution is 2.34. The number of fused-ring (bicyclic) bond motifs is 1. The molecule has 3 heterocycles. The minimum absolute atomic E-state index is 0.171. The molecule has 29 heavy (non-hydrogen) atoms. The molecular weight excluding hydrogens is 406 g/mol. The molecule has 1 saturated heterocycles. The number of amides is 1. The van der Waals surface area contributed by atoms with Crippen molar-refractivity contribution in [3.63, 3.8) is 0 Å². The van der Waals surface area contributed by atoms with E-state index in [2.05, 4.69) is 14.6 Å². The molecule has 144 valence electrons. The van der Waals surface area contributed by atoms with Gasteiger partial charge in [0.1, 0.15) is 5.58 Å². The number of hydrogen-bond donors (Lipinski definition) is 1. The Balaban J connectivity index is 1.41. The van der Waals surface area contributed by atoms with Gasteiger partial charge in [-0.15, -0.1) is 0 Å². The molecule has 0 aliphatic carbocycles. The van der Waals surface area contributed by atoms with Gasteiger partial charge in [-0.3, -0.25) is 9.78 Å². The molecule has 4 aromatic rings. The zero-order chi connectivity index (χ0) is 19.8. The molecule has 5 rings (SSSR count). The summed E-state index contributed by atoms with van der Waals surface area (Å²) in [5, 5.41) is 4.38. The Morgan fingerprint density at radius 2 is 1.97 bits per heavy atom. The molecule has 0 radical (unpaired) electrons. The standard InChI is InChI=1S/C22H16ClN3O2S/c23-19-6-3-15(13-18(19)21-17-8-11-28-20(17)7-9-24-21)25-22(27)14-1-4-16(5-2-14)26-10-12-29-26/h1-9,11,13H,10,12H2,(H,25,27). The third-order valence-electron chi connectivity index (χ3n) is 4.82. The maximum absolute atomic E-state index is 12.7. The second kappa shape index (κ2) is 7.46. The van der Waals surface area contributed by atoms with Crippen LogP contribution in [0.4, 0.5) is 11.4 Å². The fraction of sp³-hybridized carbons (Fsp3) is 0.0909. The number of halogens is 1. The Morgan fingerprint density at radius 1 is 1.14 bits per heavy atom. The number of nitrogens with one attached hydrogen (secondary N) is 1. The largest absolute Gasteiger partial charge is 0.464 e. The summed E-state index contributed by atoms with van der Waals surface area (Å²) in [6.07, 6.45) is 3.30. The van der Waals surface area contributed by atoms with Crippen molar-refractivity contribution < 1.29 is 9.21 Å². The monoisotopic (exact) mass is 421 g/mol. The molecule has 5 nitrogen and oxygen atoms in total. The number of furan rings is 1. The third-order valence-corrected chi connectivity index (χ3v) is 6.22. The molecule has 1 aliphatic heterocycles. The molecule has 1 N–H and O–H groups in total. The predicted octanol–water partition coefficient (Wildman–Crippen LogP) is 5.87. The van der Waals surface area contributed by atoms with Crippen LogP contribution in [0, 0.1) is 0 Å². The van der Waals surface area contributed by atoms with E-state index in [1.165, 1.54) is 0 Å². The van der Waals surface area contributed by atoms with Crippen LogP contribution in [0.15, 0.2) is 71.5 Å². The first-order valence-corrected chi connectivity index (χ1v) is 10.4. The van der Waals surface area contributed by atoms with E-state index in [-0.39, 0.29) is 5.91 Å². The van der Waals surface area contributed by atoms with Gasteiger partial charge in [0, 0.05) is 46.4 Å². The van der Waals surface area contributed by atoms with Crippen LogP contribution in [-0.2, 0) is 0 Å². The van der Waals surface area contributed by atoms with E-state index in [0.717, 1.165) is 34.5 Å². The van der Waals surface area contributed by atoms with Gasteiger partial charge in [-0.1, -0.05) is 11.6 Å². The molecule has 1 fully saturated rings. The highest BCUT2D eigenvalue weighted by atomic mass is 35.5. The van der Waals surface area contributed by atoms with Gasteiger partial charge >= 0.3 is 0 Å². The van der Waals surface area contributed by atoms with Crippen molar-refractivity contribution in [2.24, 2.45) is 0 Å². The summed E-state index contributed by atoms with van der Waals surface area (Å²) in [4.78, 5) is 17.2. The van der Waals surface area contributed by atoms with Crippen molar-refractivity contribution in [3.8, 4) is 11.3 Å². The normalized spacial score (nSPS) is 13.3. The number of aromatic nitrogens is 1. The Bertz CT molecular complexity index is 1200. The lowest BCUT2D eigenvalue weighted by Crippen LogP contribution is -2.28. The second-order valence-corrected chi connectivity index (χ2v) is 8.14. The van der Waals surface area contributed by atoms with Crippen molar-refractivity contribution >= 4 is 51.8 Å². The highest BCUT2D eigenvalue weighted by molar-refractivity contribution is 8.02. The summed E-state index contributed by atoms with van der Waals surface area (Å²) < 4.78 is 7.66. The summed E-state index contributed by atoms with van der Waals surface area (Å²) in [7, 11) is 0. The third kappa shape index (κ3) is 3.45. The lowest BCUT2D eigenvalue weighted by atomic mass is 10.1. The van der Waals surface area contributed by atoms with Gasteiger partial charge in [0.15, 0.2) is 0 Å². The molecule has 1 amide bonds. The van der Waals surface area contributed by atoms with Crippen molar-refractivity contribution in [1.82, 2.24) is 4.98 Å². The van der Waals surface area contributed by atoms with Crippen LogP contribution >= 0.6 is 23.5 Å². The van der Waals surface area contributed by atoms with Gasteiger partial charge in [0.2, 0.25) is 0 Å². The zero-order valence-corrected chi connectivity index (χ0v) is 16.8. The van der Waals surface area contributed by atoms with Gasteiger partial charge < -0.3 is 14.0 Å². The van der Waals surface area contributed by atoms with Crippen molar-refractivity contribution in [3.05, 3.63) is 77.6 Å². The van der Waals surface area contributed by atoms with Crippen LogP contribution in [0.5, 0.6) is 0 Å². The molecule has 0 bridgehead atoms. The molecule has 1 aliphatic rings. The Hall–Kier alpha value is -2.96. The fourth-order valence-corrected chi connectivity index (χ4v) is 4.11. The van der Waals surface area contributed by atoms with Crippen LogP contribution in [0.1, 0.15) is 10.4 Å². The second-order valence-electron chi connectivity index (χ2n) is 6.62. The molecule has 0 unspecified atom stereocenters. The SMILES string of the molecule is O=C(Nc1ccc(Cl)c(-c2nccc3occc23)c1)c1ccc(N2CCS2)cc1. The first-order chi connectivity index (χ1) is 14.2. The van der Waals surface area contributed by atoms with Gasteiger partial charge in [-0.2, -0.15) is 0 Å². The average Bonchev–Trinajstić information content (AvgIpc) is 3.18. The maximum Gasteiger partial charge on any atom is 0.255 e. The Morgan fingerprint density at radius 3 is 2.72 bits per heavy atom. The molecule has 0 spiro atoms. The fourth-order valence-electron chi connectivity index (χ4n) is 3.26. The summed E-state index contributed by atoms with van der Waals surface area (Å²) in [6, 6.07) is 16.7. The van der Waals surface area contributed by atoms with Crippen molar-refractivity contribution in [2.45, 2.75) is 0 Å². The van der Waals surface area contributed by atoms with Gasteiger partial charge in [-0.25, -0.2) is 0 Å². The summed E-state index contributed by atoms with van der Waals surface area (Å²) >= 11 is 8.21. The number of pyridine rings is 1. The number of benzene rings is 2. The number of carbonyl (C=O) groups excluding carboxylic acids is 1.